The fourth-order valence-electron chi connectivity index (χ4n) is 3.19. The van der Waals surface area contributed by atoms with Gasteiger partial charge in [0.1, 0.15) is 17.1 Å². The number of nitrogens with one attached hydrogen (secondary N) is 1. The summed E-state index contributed by atoms with van der Waals surface area (Å²) >= 11 is 0. The predicted octanol–water partition coefficient (Wildman–Crippen LogP) is 5.53. The monoisotopic (exact) mass is 350 g/mol. The second-order valence-electron chi connectivity index (χ2n) is 6.05. The molecule has 0 amide bonds. The Morgan fingerprint density at radius 2 is 1.64 bits per heavy atom. The van der Waals surface area contributed by atoms with Gasteiger partial charge in [-0.25, -0.2) is 0 Å². The number of rotatable bonds is 4. The zero-order chi connectivity index (χ0) is 17.9. The Hall–Kier alpha value is -2.37. The Bertz CT molecular complexity index is 711. The van der Waals surface area contributed by atoms with Crippen molar-refractivity contribution in [1.82, 2.24) is 0 Å². The molecular weight excluding hydrogens is 329 g/mol. The van der Waals surface area contributed by atoms with E-state index in [1.807, 2.05) is 4.90 Å². The van der Waals surface area contributed by atoms with Crippen molar-refractivity contribution in [2.45, 2.75) is 25.4 Å². The first-order valence-corrected chi connectivity index (χ1v) is 8.40. The van der Waals surface area contributed by atoms with Crippen molar-refractivity contribution in [3.63, 3.8) is 0 Å². The number of para-hydroxylation sites is 1. The van der Waals surface area contributed by atoms with Gasteiger partial charge in [0.05, 0.1) is 11.4 Å². The summed E-state index contributed by atoms with van der Waals surface area (Å²) in [4.78, 5) is 1.82. The van der Waals surface area contributed by atoms with Crippen LogP contribution in [-0.4, -0.2) is 20.1 Å². The third kappa shape index (κ3) is 3.83. The van der Waals surface area contributed by atoms with E-state index in [1.54, 1.807) is 43.4 Å². The Morgan fingerprint density at radius 3 is 2.24 bits per heavy atom. The first-order valence-electron chi connectivity index (χ1n) is 8.40. The third-order valence-electron chi connectivity index (χ3n) is 4.34. The van der Waals surface area contributed by atoms with Gasteiger partial charge in [-0.15, -0.1) is 0 Å². The van der Waals surface area contributed by atoms with E-state index in [0.717, 1.165) is 19.3 Å². The van der Waals surface area contributed by atoms with Crippen LogP contribution in [0.3, 0.4) is 0 Å². The Kier molecular flexibility index (Phi) is 5.06. The van der Waals surface area contributed by atoms with Crippen molar-refractivity contribution in [2.24, 2.45) is 0 Å². The second-order valence-corrected chi connectivity index (χ2v) is 6.05. The summed E-state index contributed by atoms with van der Waals surface area (Å²) in [7, 11) is 1.64. The maximum atomic E-state index is 13.9. The molecule has 0 saturated carbocycles. The van der Waals surface area contributed by atoms with E-state index in [2.05, 4.69) is 5.32 Å². The van der Waals surface area contributed by atoms with Crippen LogP contribution in [0.25, 0.3) is 0 Å². The smallest absolute Gasteiger partial charge is 0.422 e. The van der Waals surface area contributed by atoms with E-state index < -0.39 is 11.7 Å². The molecule has 1 fully saturated rings. The molecule has 3 nitrogen and oxygen atoms in total. The molecule has 1 aliphatic rings. The molecule has 1 heterocycles. The normalized spacial score (nSPS) is 15.1. The summed E-state index contributed by atoms with van der Waals surface area (Å²) in [5.41, 5.74) is -0.0668. The van der Waals surface area contributed by atoms with Crippen LogP contribution in [0, 0.1) is 0 Å². The highest BCUT2D eigenvalue weighted by Gasteiger charge is 2.40. The Labute approximate surface area is 145 Å². The molecular formula is C19H21F3N2O. The standard InChI is InChI=1S/C19H21F3N2O/c1-23-15-10-11-16(25-14-8-4-2-5-9-14)17(19(20,21)22)18(15)24-12-6-3-7-13-24/h2,4-5,8-11,23H,3,6-7,12-13H2,1H3. The number of ether oxygens (including phenoxy) is 1. The molecule has 1 aliphatic heterocycles. The van der Waals surface area contributed by atoms with Gasteiger partial charge in [-0.3, -0.25) is 0 Å². The Balaban J connectivity index is 2.11. The van der Waals surface area contributed by atoms with E-state index in [9.17, 15) is 13.2 Å². The lowest BCUT2D eigenvalue weighted by atomic mass is 10.0. The highest BCUT2D eigenvalue weighted by atomic mass is 19.4. The zero-order valence-electron chi connectivity index (χ0n) is 14.1. The minimum absolute atomic E-state index is 0.168. The largest absolute Gasteiger partial charge is 0.457 e. The zero-order valence-corrected chi connectivity index (χ0v) is 14.1. The molecule has 1 saturated heterocycles. The minimum Gasteiger partial charge on any atom is -0.457 e. The van der Waals surface area contributed by atoms with Crippen molar-refractivity contribution < 1.29 is 17.9 Å². The number of hydrogen-bond donors (Lipinski definition) is 1. The van der Waals surface area contributed by atoms with Crippen molar-refractivity contribution in [1.29, 1.82) is 0 Å². The Morgan fingerprint density at radius 1 is 0.960 bits per heavy atom. The van der Waals surface area contributed by atoms with E-state index in [-0.39, 0.29) is 11.4 Å². The van der Waals surface area contributed by atoms with Gasteiger partial charge in [-0.05, 0) is 43.5 Å². The van der Waals surface area contributed by atoms with Crippen molar-refractivity contribution >= 4 is 11.4 Å². The van der Waals surface area contributed by atoms with Crippen molar-refractivity contribution in [2.75, 3.05) is 30.4 Å². The second kappa shape index (κ2) is 7.25. The molecule has 1 N–H and O–H groups in total. The van der Waals surface area contributed by atoms with E-state index in [0.29, 0.717) is 24.5 Å². The fraction of sp³-hybridized carbons (Fsp3) is 0.368. The minimum atomic E-state index is -4.51. The number of benzene rings is 2. The van der Waals surface area contributed by atoms with Crippen LogP contribution in [0.2, 0.25) is 0 Å². The van der Waals surface area contributed by atoms with Gasteiger partial charge in [0.15, 0.2) is 0 Å². The molecule has 0 aliphatic carbocycles. The number of halogens is 3. The molecule has 0 atom stereocenters. The van der Waals surface area contributed by atoms with Crippen molar-refractivity contribution in [3.05, 3.63) is 48.0 Å². The predicted molar refractivity (Wildman–Crippen MR) is 93.6 cm³/mol. The van der Waals surface area contributed by atoms with E-state index in [4.69, 9.17) is 4.74 Å². The molecule has 134 valence electrons. The van der Waals surface area contributed by atoms with Gasteiger partial charge in [-0.1, -0.05) is 18.2 Å². The molecule has 3 rings (SSSR count). The van der Waals surface area contributed by atoms with Gasteiger partial charge >= 0.3 is 6.18 Å². The molecule has 0 bridgehead atoms. The molecule has 0 spiro atoms. The summed E-state index contributed by atoms with van der Waals surface area (Å²) in [5, 5.41) is 2.90. The summed E-state index contributed by atoms with van der Waals surface area (Å²) < 4.78 is 47.4. The van der Waals surface area contributed by atoms with Gasteiger partial charge in [0, 0.05) is 20.1 Å². The van der Waals surface area contributed by atoms with E-state index in [1.165, 1.54) is 6.07 Å². The molecule has 0 unspecified atom stereocenters. The molecule has 25 heavy (non-hydrogen) atoms. The van der Waals surface area contributed by atoms with Gasteiger partial charge in [0.25, 0.3) is 0 Å². The van der Waals surface area contributed by atoms with Crippen LogP contribution < -0.4 is 15.0 Å². The summed E-state index contributed by atoms with van der Waals surface area (Å²) in [5.74, 6) is 0.216. The first-order chi connectivity index (χ1) is 12.0. The maximum Gasteiger partial charge on any atom is 0.422 e. The lowest BCUT2D eigenvalue weighted by Gasteiger charge is -2.33. The number of nitrogens with zero attached hydrogens (tertiary/aromatic N) is 1. The van der Waals surface area contributed by atoms with Gasteiger partial charge in [-0.2, -0.15) is 13.2 Å². The molecule has 0 aromatic heterocycles. The molecule has 2 aromatic rings. The first kappa shape index (κ1) is 17.5. The molecule has 6 heteroatoms. The number of alkyl halides is 3. The van der Waals surface area contributed by atoms with Gasteiger partial charge in [0.2, 0.25) is 0 Å². The topological polar surface area (TPSA) is 24.5 Å². The highest BCUT2D eigenvalue weighted by molar-refractivity contribution is 5.77. The fourth-order valence-corrected chi connectivity index (χ4v) is 3.19. The SMILES string of the molecule is CNc1ccc(Oc2ccccc2)c(C(F)(F)F)c1N1CCCCC1. The number of anilines is 2. The van der Waals surface area contributed by atoms with Crippen LogP contribution in [-0.2, 0) is 6.18 Å². The van der Waals surface area contributed by atoms with Crippen LogP contribution in [0.15, 0.2) is 42.5 Å². The number of hydrogen-bond acceptors (Lipinski definition) is 3. The average Bonchev–Trinajstić information content (AvgIpc) is 2.62. The van der Waals surface area contributed by atoms with E-state index >= 15 is 0 Å². The summed E-state index contributed by atoms with van der Waals surface area (Å²) in [6.07, 6.45) is -1.68. The lowest BCUT2D eigenvalue weighted by molar-refractivity contribution is -0.138. The highest BCUT2D eigenvalue weighted by Crippen LogP contribution is 2.48. The lowest BCUT2D eigenvalue weighted by Crippen LogP contribution is -2.32. The third-order valence-corrected chi connectivity index (χ3v) is 4.34. The van der Waals surface area contributed by atoms with Gasteiger partial charge < -0.3 is 15.0 Å². The van der Waals surface area contributed by atoms with Crippen LogP contribution in [0.5, 0.6) is 11.5 Å². The summed E-state index contributed by atoms with van der Waals surface area (Å²) in [6, 6.07) is 11.6. The maximum absolute atomic E-state index is 13.9. The van der Waals surface area contributed by atoms with Crippen molar-refractivity contribution in [3.8, 4) is 11.5 Å². The number of piperidine rings is 1. The quantitative estimate of drug-likeness (QED) is 0.785. The molecule has 2 aromatic carbocycles. The summed E-state index contributed by atoms with van der Waals surface area (Å²) in [6.45, 7) is 1.24. The van der Waals surface area contributed by atoms with Crippen LogP contribution in [0.4, 0.5) is 24.5 Å². The van der Waals surface area contributed by atoms with Crippen LogP contribution in [0.1, 0.15) is 24.8 Å². The average molecular weight is 350 g/mol. The molecule has 0 radical (unpaired) electrons. The van der Waals surface area contributed by atoms with Crippen LogP contribution >= 0.6 is 0 Å².